The molecule has 0 unspecified atom stereocenters. The van der Waals surface area contributed by atoms with Crippen molar-refractivity contribution in [1.29, 1.82) is 0 Å². The normalized spacial score (nSPS) is 11.2. The number of hydrazone groups is 1. The van der Waals surface area contributed by atoms with Crippen LogP contribution in [0.15, 0.2) is 76.4 Å². The Labute approximate surface area is 158 Å². The molecule has 0 aliphatic carbocycles. The summed E-state index contributed by atoms with van der Waals surface area (Å²) < 4.78 is 32.7. The summed E-state index contributed by atoms with van der Waals surface area (Å²) in [5.74, 6) is -1.57. The van der Waals surface area contributed by atoms with Gasteiger partial charge in [0.2, 0.25) is 0 Å². The maximum atomic E-state index is 13.7. The molecule has 5 nitrogen and oxygen atoms in total. The fourth-order valence-corrected chi connectivity index (χ4v) is 2.76. The predicted octanol–water partition coefficient (Wildman–Crippen LogP) is 4.54. The molecule has 4 aromatic rings. The molecule has 7 heteroatoms. The molecule has 2 aromatic carbocycles. The number of aromatic nitrogens is 1. The van der Waals surface area contributed by atoms with Gasteiger partial charge in [-0.1, -0.05) is 24.3 Å². The molecule has 0 atom stereocenters. The monoisotopic (exact) mass is 377 g/mol. The number of amides is 1. The summed E-state index contributed by atoms with van der Waals surface area (Å²) in [5, 5.41) is 4.30. The van der Waals surface area contributed by atoms with Crippen LogP contribution in [0, 0.1) is 11.6 Å². The third-order valence-electron chi connectivity index (χ3n) is 4.09. The molecular weight excluding hydrogens is 364 g/mol. The molecule has 138 valence electrons. The lowest BCUT2D eigenvalue weighted by Crippen LogP contribution is -2.18. The average molecular weight is 377 g/mol. The van der Waals surface area contributed by atoms with Gasteiger partial charge in [0.25, 0.3) is 5.91 Å². The number of nitrogens with one attached hydrogen (secondary N) is 1. The highest BCUT2D eigenvalue weighted by Crippen LogP contribution is 2.25. The maximum Gasteiger partial charge on any atom is 0.272 e. The minimum absolute atomic E-state index is 0.308. The predicted molar refractivity (Wildman–Crippen MR) is 101 cm³/mol. The number of carbonyl (C=O) groups excluding carboxylic acids is 1. The number of hydrogen-bond acceptors (Lipinski definition) is 4. The van der Waals surface area contributed by atoms with E-state index in [0.29, 0.717) is 27.9 Å². The van der Waals surface area contributed by atoms with Gasteiger partial charge in [0.05, 0.1) is 29.1 Å². The molecule has 2 heterocycles. The van der Waals surface area contributed by atoms with E-state index in [-0.39, 0.29) is 5.56 Å². The molecule has 2 aromatic heterocycles. The van der Waals surface area contributed by atoms with Gasteiger partial charge in [-0.25, -0.2) is 19.2 Å². The zero-order chi connectivity index (χ0) is 19.5. The third-order valence-corrected chi connectivity index (χ3v) is 4.09. The summed E-state index contributed by atoms with van der Waals surface area (Å²) in [4.78, 5) is 17.2. The van der Waals surface area contributed by atoms with Crippen LogP contribution in [0.5, 0.6) is 0 Å². The number of hydrogen-bond donors (Lipinski definition) is 1. The quantitative estimate of drug-likeness (QED) is 0.419. The number of furan rings is 1. The Morgan fingerprint density at radius 2 is 1.82 bits per heavy atom. The van der Waals surface area contributed by atoms with Crippen LogP contribution in [0.1, 0.15) is 15.9 Å². The Morgan fingerprint density at radius 1 is 1.04 bits per heavy atom. The van der Waals surface area contributed by atoms with Gasteiger partial charge >= 0.3 is 0 Å². The molecule has 0 saturated carbocycles. The smallest absolute Gasteiger partial charge is 0.272 e. The third kappa shape index (κ3) is 3.37. The highest BCUT2D eigenvalue weighted by atomic mass is 19.1. The van der Waals surface area contributed by atoms with Gasteiger partial charge in [-0.05, 0) is 36.4 Å². The molecule has 1 amide bonds. The summed E-state index contributed by atoms with van der Waals surface area (Å²) in [6.07, 6.45) is 2.44. The number of rotatable bonds is 4. The second-order valence-electron chi connectivity index (χ2n) is 5.88. The Balaban J connectivity index is 1.68. The van der Waals surface area contributed by atoms with E-state index >= 15 is 0 Å². The first-order valence-corrected chi connectivity index (χ1v) is 8.34. The summed E-state index contributed by atoms with van der Waals surface area (Å²) in [5.41, 5.74) is 3.37. The van der Waals surface area contributed by atoms with Crippen LogP contribution in [0.2, 0.25) is 0 Å². The number of nitrogens with zero attached hydrogens (tertiary/aromatic N) is 2. The van der Waals surface area contributed by atoms with Gasteiger partial charge in [0.15, 0.2) is 5.76 Å². The van der Waals surface area contributed by atoms with E-state index in [4.69, 9.17) is 4.42 Å². The number of carbonyl (C=O) groups is 1. The lowest BCUT2D eigenvalue weighted by atomic mass is 10.1. The highest BCUT2D eigenvalue weighted by Gasteiger charge is 2.15. The Hall–Kier alpha value is -3.87. The number of para-hydroxylation sites is 1. The molecule has 0 aliphatic rings. The lowest BCUT2D eigenvalue weighted by molar-refractivity contribution is 0.0956. The van der Waals surface area contributed by atoms with Gasteiger partial charge in [-0.2, -0.15) is 5.10 Å². The van der Waals surface area contributed by atoms with Crippen molar-refractivity contribution in [1.82, 2.24) is 10.4 Å². The molecule has 0 saturated heterocycles. The van der Waals surface area contributed by atoms with Gasteiger partial charge in [-0.15, -0.1) is 0 Å². The number of fused-ring (bicyclic) bond motifs is 1. The molecule has 0 bridgehead atoms. The number of benzene rings is 2. The molecular formula is C21H13F2N3O2. The van der Waals surface area contributed by atoms with Crippen molar-refractivity contribution >= 4 is 23.0 Å². The molecule has 0 fully saturated rings. The fraction of sp³-hybridized carbons (Fsp3) is 0. The van der Waals surface area contributed by atoms with Crippen molar-refractivity contribution in [3.63, 3.8) is 0 Å². The highest BCUT2D eigenvalue weighted by molar-refractivity contribution is 6.07. The van der Waals surface area contributed by atoms with Crippen LogP contribution in [-0.4, -0.2) is 17.1 Å². The molecule has 0 radical (unpaired) electrons. The van der Waals surface area contributed by atoms with Crippen LogP contribution < -0.4 is 5.43 Å². The Morgan fingerprint density at radius 3 is 2.57 bits per heavy atom. The summed E-state index contributed by atoms with van der Waals surface area (Å²) in [6.45, 7) is 0. The molecule has 0 spiro atoms. The summed E-state index contributed by atoms with van der Waals surface area (Å²) in [7, 11) is 0. The van der Waals surface area contributed by atoms with Crippen LogP contribution in [0.4, 0.5) is 8.78 Å². The lowest BCUT2D eigenvalue weighted by Gasteiger charge is -2.07. The van der Waals surface area contributed by atoms with Crippen molar-refractivity contribution in [3.05, 3.63) is 89.7 Å². The minimum atomic E-state index is -0.771. The number of halogens is 2. The van der Waals surface area contributed by atoms with E-state index in [1.54, 1.807) is 36.4 Å². The van der Waals surface area contributed by atoms with Crippen LogP contribution in [0.3, 0.4) is 0 Å². The van der Waals surface area contributed by atoms with E-state index in [0.717, 1.165) is 18.3 Å². The van der Waals surface area contributed by atoms with Gasteiger partial charge < -0.3 is 4.42 Å². The van der Waals surface area contributed by atoms with Crippen molar-refractivity contribution in [3.8, 4) is 11.5 Å². The zero-order valence-corrected chi connectivity index (χ0v) is 14.4. The van der Waals surface area contributed by atoms with Crippen LogP contribution >= 0.6 is 0 Å². The van der Waals surface area contributed by atoms with E-state index < -0.39 is 17.5 Å². The molecule has 1 N–H and O–H groups in total. The first-order valence-electron chi connectivity index (χ1n) is 8.34. The Kier molecular flexibility index (Phi) is 4.63. The van der Waals surface area contributed by atoms with Crippen molar-refractivity contribution in [2.45, 2.75) is 0 Å². The minimum Gasteiger partial charge on any atom is -0.463 e. The second-order valence-corrected chi connectivity index (χ2v) is 5.88. The van der Waals surface area contributed by atoms with Crippen LogP contribution in [0.25, 0.3) is 22.4 Å². The van der Waals surface area contributed by atoms with E-state index in [9.17, 15) is 13.6 Å². The van der Waals surface area contributed by atoms with E-state index in [2.05, 4.69) is 15.5 Å². The zero-order valence-electron chi connectivity index (χ0n) is 14.4. The SMILES string of the molecule is O=C(N/N=C\c1c(F)cccc1F)c1cc(-c2ccco2)nc2ccccc12. The van der Waals surface area contributed by atoms with Gasteiger partial charge in [0.1, 0.15) is 17.3 Å². The van der Waals surface area contributed by atoms with Crippen molar-refractivity contribution < 1.29 is 18.0 Å². The van der Waals surface area contributed by atoms with E-state index in [1.807, 2.05) is 6.07 Å². The summed E-state index contributed by atoms with van der Waals surface area (Å²) in [6, 6.07) is 15.6. The van der Waals surface area contributed by atoms with Crippen molar-refractivity contribution in [2.75, 3.05) is 0 Å². The van der Waals surface area contributed by atoms with Crippen molar-refractivity contribution in [2.24, 2.45) is 5.10 Å². The first kappa shape index (κ1) is 17.5. The first-order chi connectivity index (χ1) is 13.6. The molecule has 4 rings (SSSR count). The summed E-state index contributed by atoms with van der Waals surface area (Å²) >= 11 is 0. The topological polar surface area (TPSA) is 67.5 Å². The van der Waals surface area contributed by atoms with Gasteiger partial charge in [-0.3, -0.25) is 4.79 Å². The second kappa shape index (κ2) is 7.40. The average Bonchev–Trinajstić information content (AvgIpc) is 3.24. The maximum absolute atomic E-state index is 13.7. The molecule has 0 aliphatic heterocycles. The van der Waals surface area contributed by atoms with E-state index in [1.165, 1.54) is 12.3 Å². The van der Waals surface area contributed by atoms with Crippen LogP contribution in [-0.2, 0) is 0 Å². The standard InChI is InChI=1S/C21H13F2N3O2/c22-16-6-3-7-17(23)15(16)12-24-26-21(27)14-11-19(20-9-4-10-28-20)25-18-8-2-1-5-13(14)18/h1-12H,(H,26,27)/b24-12-. The van der Waals surface area contributed by atoms with Gasteiger partial charge in [0, 0.05) is 5.39 Å². The molecule has 28 heavy (non-hydrogen) atoms. The Bertz CT molecular complexity index is 1170. The number of pyridine rings is 1. The largest absolute Gasteiger partial charge is 0.463 e. The fourth-order valence-electron chi connectivity index (χ4n) is 2.76.